The van der Waals surface area contributed by atoms with Gasteiger partial charge in [-0.2, -0.15) is 18.4 Å². The fourth-order valence-corrected chi connectivity index (χ4v) is 3.11. The zero-order chi connectivity index (χ0) is 23.0. The van der Waals surface area contributed by atoms with Crippen LogP contribution in [-0.2, 0) is 22.1 Å². The minimum atomic E-state index is -4.74. The SMILES string of the molecule is COc1ccc(COc2c(B3OC(C)(C)C(C)(C)O3)cc(C#N)cc2C(F)(F)F)cc1. The van der Waals surface area contributed by atoms with E-state index in [0.29, 0.717) is 11.3 Å². The van der Waals surface area contributed by atoms with Crippen LogP contribution in [0.3, 0.4) is 0 Å². The van der Waals surface area contributed by atoms with Crippen molar-refractivity contribution in [2.24, 2.45) is 0 Å². The molecule has 0 atom stereocenters. The average Bonchev–Trinajstić information content (AvgIpc) is 2.92. The summed E-state index contributed by atoms with van der Waals surface area (Å²) < 4.78 is 64.3. The van der Waals surface area contributed by atoms with E-state index in [9.17, 15) is 18.4 Å². The summed E-state index contributed by atoms with van der Waals surface area (Å²) in [5.41, 5.74) is -2.08. The smallest absolute Gasteiger partial charge is 0.497 e. The molecule has 2 aromatic rings. The predicted molar refractivity (Wildman–Crippen MR) is 109 cm³/mol. The van der Waals surface area contributed by atoms with Crippen molar-refractivity contribution in [1.29, 1.82) is 5.26 Å². The van der Waals surface area contributed by atoms with Crippen molar-refractivity contribution in [2.75, 3.05) is 7.11 Å². The van der Waals surface area contributed by atoms with Crippen molar-refractivity contribution >= 4 is 12.6 Å². The van der Waals surface area contributed by atoms with Gasteiger partial charge in [-0.25, -0.2) is 0 Å². The first kappa shape index (κ1) is 23.0. The number of methoxy groups -OCH3 is 1. The Bertz CT molecular complexity index is 982. The third kappa shape index (κ3) is 4.65. The van der Waals surface area contributed by atoms with E-state index in [-0.39, 0.29) is 17.6 Å². The molecule has 0 bridgehead atoms. The summed E-state index contributed by atoms with van der Waals surface area (Å²) >= 11 is 0. The predicted octanol–water partition coefficient (Wildman–Crippen LogP) is 4.46. The van der Waals surface area contributed by atoms with E-state index in [0.717, 1.165) is 6.07 Å². The highest BCUT2D eigenvalue weighted by atomic mass is 19.4. The molecular formula is C22H23BF3NO4. The summed E-state index contributed by atoms with van der Waals surface area (Å²) in [7, 11) is 0.402. The number of halogens is 3. The van der Waals surface area contributed by atoms with E-state index in [1.807, 2.05) is 0 Å². The highest BCUT2D eigenvalue weighted by molar-refractivity contribution is 6.63. The van der Waals surface area contributed by atoms with Gasteiger partial charge in [-0.15, -0.1) is 0 Å². The molecule has 164 valence electrons. The van der Waals surface area contributed by atoms with Gasteiger partial charge in [0.2, 0.25) is 0 Å². The van der Waals surface area contributed by atoms with E-state index < -0.39 is 35.8 Å². The van der Waals surface area contributed by atoms with Gasteiger partial charge in [0.05, 0.1) is 35.5 Å². The Morgan fingerprint density at radius 2 is 1.61 bits per heavy atom. The molecule has 1 heterocycles. The molecular weight excluding hydrogens is 410 g/mol. The Morgan fingerprint density at radius 3 is 2.10 bits per heavy atom. The molecule has 1 fully saturated rings. The van der Waals surface area contributed by atoms with Crippen LogP contribution >= 0.6 is 0 Å². The Balaban J connectivity index is 2.05. The first-order valence-electron chi connectivity index (χ1n) is 9.64. The highest BCUT2D eigenvalue weighted by Gasteiger charge is 2.53. The molecule has 1 aliphatic heterocycles. The van der Waals surface area contributed by atoms with Crippen molar-refractivity contribution in [2.45, 2.75) is 51.7 Å². The largest absolute Gasteiger partial charge is 0.498 e. The van der Waals surface area contributed by atoms with E-state index in [1.54, 1.807) is 58.0 Å². The molecule has 0 amide bonds. The van der Waals surface area contributed by atoms with Gasteiger partial charge in [-0.3, -0.25) is 0 Å². The van der Waals surface area contributed by atoms with Gasteiger partial charge in [0.25, 0.3) is 0 Å². The summed E-state index contributed by atoms with van der Waals surface area (Å²) in [6, 6.07) is 10.7. The fourth-order valence-electron chi connectivity index (χ4n) is 3.11. The third-order valence-corrected chi connectivity index (χ3v) is 5.60. The fraction of sp³-hybridized carbons (Fsp3) is 0.409. The minimum absolute atomic E-state index is 0.0264. The lowest BCUT2D eigenvalue weighted by atomic mass is 9.76. The molecule has 5 nitrogen and oxygen atoms in total. The van der Waals surface area contributed by atoms with Crippen molar-refractivity contribution in [1.82, 2.24) is 0 Å². The quantitative estimate of drug-likeness (QED) is 0.652. The van der Waals surface area contributed by atoms with Crippen LogP contribution < -0.4 is 14.9 Å². The number of ether oxygens (including phenoxy) is 2. The van der Waals surface area contributed by atoms with Crippen LogP contribution in [0, 0.1) is 11.3 Å². The maximum atomic E-state index is 13.9. The summed E-state index contributed by atoms with van der Waals surface area (Å²) in [6.45, 7) is 7.06. The molecule has 9 heteroatoms. The summed E-state index contributed by atoms with van der Waals surface area (Å²) in [5, 5.41) is 9.30. The van der Waals surface area contributed by atoms with Crippen LogP contribution in [0.1, 0.15) is 44.4 Å². The molecule has 0 unspecified atom stereocenters. The van der Waals surface area contributed by atoms with Crippen LogP contribution in [0.15, 0.2) is 36.4 Å². The number of alkyl halides is 3. The Morgan fingerprint density at radius 1 is 1.03 bits per heavy atom. The van der Waals surface area contributed by atoms with Gasteiger partial charge >= 0.3 is 13.3 Å². The van der Waals surface area contributed by atoms with Crippen LogP contribution in [-0.4, -0.2) is 25.4 Å². The maximum absolute atomic E-state index is 13.9. The molecule has 3 rings (SSSR count). The summed E-state index contributed by atoms with van der Waals surface area (Å²) in [6.07, 6.45) is -4.74. The summed E-state index contributed by atoms with van der Waals surface area (Å²) in [4.78, 5) is 0. The molecule has 0 radical (unpaired) electrons. The number of hydrogen-bond acceptors (Lipinski definition) is 5. The van der Waals surface area contributed by atoms with E-state index in [4.69, 9.17) is 18.8 Å². The second-order valence-electron chi connectivity index (χ2n) is 8.28. The second-order valence-corrected chi connectivity index (χ2v) is 8.28. The number of hydrogen-bond donors (Lipinski definition) is 0. The van der Waals surface area contributed by atoms with E-state index >= 15 is 0 Å². The topological polar surface area (TPSA) is 60.7 Å². The first-order chi connectivity index (χ1) is 14.4. The van der Waals surface area contributed by atoms with Gasteiger partial charge in [-0.1, -0.05) is 12.1 Å². The zero-order valence-electron chi connectivity index (χ0n) is 18.0. The molecule has 0 saturated carbocycles. The van der Waals surface area contributed by atoms with Crippen molar-refractivity contribution in [3.8, 4) is 17.6 Å². The Kier molecular flexibility index (Phi) is 6.00. The lowest BCUT2D eigenvalue weighted by Gasteiger charge is -2.32. The van der Waals surface area contributed by atoms with Gasteiger partial charge in [0.15, 0.2) is 0 Å². The number of nitrogens with zero attached hydrogens (tertiary/aromatic N) is 1. The molecule has 2 aromatic carbocycles. The number of rotatable bonds is 5. The molecule has 1 aliphatic rings. The lowest BCUT2D eigenvalue weighted by Crippen LogP contribution is -2.41. The van der Waals surface area contributed by atoms with Crippen molar-refractivity contribution < 1.29 is 32.0 Å². The second kappa shape index (κ2) is 8.10. The average molecular weight is 433 g/mol. The Labute approximate surface area is 179 Å². The molecule has 31 heavy (non-hydrogen) atoms. The molecule has 0 N–H and O–H groups in total. The summed E-state index contributed by atoms with van der Waals surface area (Å²) in [5.74, 6) is 0.205. The first-order valence-corrected chi connectivity index (χ1v) is 9.64. The van der Waals surface area contributed by atoms with E-state index in [1.165, 1.54) is 13.2 Å². The molecule has 1 saturated heterocycles. The van der Waals surface area contributed by atoms with Crippen LogP contribution in [0.25, 0.3) is 0 Å². The Hall–Kier alpha value is -2.70. The molecule has 0 spiro atoms. The monoisotopic (exact) mass is 433 g/mol. The minimum Gasteiger partial charge on any atom is -0.497 e. The zero-order valence-corrected chi connectivity index (χ0v) is 18.0. The van der Waals surface area contributed by atoms with Crippen LogP contribution in [0.2, 0.25) is 0 Å². The van der Waals surface area contributed by atoms with Crippen LogP contribution in [0.4, 0.5) is 13.2 Å². The third-order valence-electron chi connectivity index (χ3n) is 5.60. The molecule has 0 aliphatic carbocycles. The standard InChI is InChI=1S/C22H23BF3NO4/c1-20(2)21(3,4)31-23(30-20)18-11-15(12-27)10-17(22(24,25)26)19(18)29-13-14-6-8-16(28-5)9-7-14/h6-11H,13H2,1-5H3. The lowest BCUT2D eigenvalue weighted by molar-refractivity contribution is -0.139. The van der Waals surface area contributed by atoms with Gasteiger partial charge in [0.1, 0.15) is 18.1 Å². The van der Waals surface area contributed by atoms with Gasteiger partial charge in [-0.05, 0) is 57.5 Å². The van der Waals surface area contributed by atoms with Gasteiger partial charge in [0, 0.05) is 5.46 Å². The van der Waals surface area contributed by atoms with Gasteiger partial charge < -0.3 is 18.8 Å². The van der Waals surface area contributed by atoms with Crippen molar-refractivity contribution in [3.05, 3.63) is 53.1 Å². The highest BCUT2D eigenvalue weighted by Crippen LogP contribution is 2.40. The normalized spacial score (nSPS) is 17.3. The number of nitriles is 1. The van der Waals surface area contributed by atoms with Crippen molar-refractivity contribution in [3.63, 3.8) is 0 Å². The van der Waals surface area contributed by atoms with E-state index in [2.05, 4.69) is 0 Å². The number of benzene rings is 2. The van der Waals surface area contributed by atoms with Crippen LogP contribution in [0.5, 0.6) is 11.5 Å². The maximum Gasteiger partial charge on any atom is 0.498 e. The molecule has 0 aromatic heterocycles.